The molecule has 3 rings (SSSR count). The summed E-state index contributed by atoms with van der Waals surface area (Å²) in [5.41, 5.74) is 1.91. The number of aryl methyl sites for hydroxylation is 3. The van der Waals surface area contributed by atoms with Gasteiger partial charge in [-0.3, -0.25) is 14.8 Å². The van der Waals surface area contributed by atoms with Gasteiger partial charge in [-0.05, 0) is 49.4 Å². The number of hydrogen-bond donors (Lipinski definition) is 1. The number of sulfonamides is 1. The Balaban J connectivity index is 1.96. The van der Waals surface area contributed by atoms with E-state index in [2.05, 4.69) is 9.71 Å². The van der Waals surface area contributed by atoms with Crippen LogP contribution in [0.2, 0.25) is 0 Å². The number of imidazole rings is 1. The molecule has 3 aromatic rings. The number of nitrogens with zero attached hydrogens (tertiary/aromatic N) is 3. The van der Waals surface area contributed by atoms with Crippen molar-refractivity contribution in [2.75, 3.05) is 4.72 Å². The van der Waals surface area contributed by atoms with E-state index in [0.29, 0.717) is 15.7 Å². The van der Waals surface area contributed by atoms with Gasteiger partial charge in [-0.15, -0.1) is 0 Å². The molecule has 0 aliphatic rings. The Labute approximate surface area is 166 Å². The first-order chi connectivity index (χ1) is 13.2. The van der Waals surface area contributed by atoms with Gasteiger partial charge < -0.3 is 4.57 Å². The van der Waals surface area contributed by atoms with Gasteiger partial charge in [-0.1, -0.05) is 17.7 Å². The van der Waals surface area contributed by atoms with E-state index in [1.807, 2.05) is 13.0 Å². The van der Waals surface area contributed by atoms with Crippen LogP contribution in [0.15, 0.2) is 63.7 Å². The molecule has 1 aromatic heterocycles. The van der Waals surface area contributed by atoms with E-state index in [1.165, 1.54) is 12.1 Å². The Morgan fingerprint density at radius 1 is 1.18 bits per heavy atom. The van der Waals surface area contributed by atoms with Gasteiger partial charge in [0.25, 0.3) is 15.7 Å². The SMILES string of the molecule is Cc1ccc(NS(=O)(=O)c2ccc(Sc3nccn3C)c([N+](=O)[O-])c2)c(C)c1. The lowest BCUT2D eigenvalue weighted by molar-refractivity contribution is -0.388. The number of nitrogens with one attached hydrogen (secondary N) is 1. The van der Waals surface area contributed by atoms with E-state index in [9.17, 15) is 18.5 Å². The van der Waals surface area contributed by atoms with Gasteiger partial charge in [0.2, 0.25) is 0 Å². The standard InChI is InChI=1S/C18H18N4O4S2/c1-12-4-6-15(13(2)10-12)20-28(25,26)14-5-7-17(16(11-14)22(23)24)27-18-19-8-9-21(18)3/h4-11,20H,1-3H3. The fraction of sp³-hybridized carbons (Fsp3) is 0.167. The molecule has 0 spiro atoms. The summed E-state index contributed by atoms with van der Waals surface area (Å²) in [5, 5.41) is 12.1. The van der Waals surface area contributed by atoms with Crippen LogP contribution in [0.1, 0.15) is 11.1 Å². The molecule has 2 aromatic carbocycles. The second kappa shape index (κ2) is 7.64. The van der Waals surface area contributed by atoms with Crippen LogP contribution in [0.4, 0.5) is 11.4 Å². The Kier molecular flexibility index (Phi) is 5.43. The summed E-state index contributed by atoms with van der Waals surface area (Å²) in [6.45, 7) is 3.70. The van der Waals surface area contributed by atoms with Crippen molar-refractivity contribution in [1.82, 2.24) is 9.55 Å². The van der Waals surface area contributed by atoms with E-state index in [4.69, 9.17) is 0 Å². The quantitative estimate of drug-likeness (QED) is 0.481. The van der Waals surface area contributed by atoms with Crippen LogP contribution in [0.3, 0.4) is 0 Å². The fourth-order valence-electron chi connectivity index (χ4n) is 2.57. The van der Waals surface area contributed by atoms with Crippen molar-refractivity contribution < 1.29 is 13.3 Å². The summed E-state index contributed by atoms with van der Waals surface area (Å²) in [6.07, 6.45) is 3.31. The zero-order chi connectivity index (χ0) is 20.5. The molecule has 1 N–H and O–H groups in total. The predicted octanol–water partition coefficient (Wildman–Crippen LogP) is 3.90. The van der Waals surface area contributed by atoms with Gasteiger partial charge in [0, 0.05) is 25.5 Å². The number of aromatic nitrogens is 2. The van der Waals surface area contributed by atoms with E-state index in [-0.39, 0.29) is 10.6 Å². The van der Waals surface area contributed by atoms with E-state index in [1.54, 1.807) is 43.1 Å². The molecule has 0 radical (unpaired) electrons. The molecule has 10 heteroatoms. The summed E-state index contributed by atoms with van der Waals surface area (Å²) in [5.74, 6) is 0. The summed E-state index contributed by atoms with van der Waals surface area (Å²) in [4.78, 5) is 15.2. The van der Waals surface area contributed by atoms with Gasteiger partial charge in [-0.2, -0.15) is 0 Å². The van der Waals surface area contributed by atoms with E-state index < -0.39 is 14.9 Å². The highest BCUT2D eigenvalue weighted by molar-refractivity contribution is 7.99. The Morgan fingerprint density at radius 2 is 1.93 bits per heavy atom. The van der Waals surface area contributed by atoms with Gasteiger partial charge >= 0.3 is 0 Å². The van der Waals surface area contributed by atoms with Crippen molar-refractivity contribution in [3.05, 3.63) is 70.0 Å². The van der Waals surface area contributed by atoms with Crippen LogP contribution >= 0.6 is 11.8 Å². The Hall–Kier alpha value is -2.85. The van der Waals surface area contributed by atoms with Crippen molar-refractivity contribution >= 4 is 33.2 Å². The van der Waals surface area contributed by atoms with Crippen LogP contribution < -0.4 is 4.72 Å². The highest BCUT2D eigenvalue weighted by Gasteiger charge is 2.23. The molecule has 8 nitrogen and oxygen atoms in total. The number of anilines is 1. The highest BCUT2D eigenvalue weighted by atomic mass is 32.2. The first-order valence-corrected chi connectivity index (χ1v) is 10.5. The minimum atomic E-state index is -3.98. The zero-order valence-electron chi connectivity index (χ0n) is 15.4. The highest BCUT2D eigenvalue weighted by Crippen LogP contribution is 2.35. The summed E-state index contributed by atoms with van der Waals surface area (Å²) in [7, 11) is -2.20. The van der Waals surface area contributed by atoms with E-state index >= 15 is 0 Å². The molecular weight excluding hydrogens is 400 g/mol. The van der Waals surface area contributed by atoms with Gasteiger partial charge in [0.15, 0.2) is 5.16 Å². The largest absolute Gasteiger partial charge is 0.329 e. The molecular formula is C18H18N4O4S2. The maximum absolute atomic E-state index is 12.7. The minimum absolute atomic E-state index is 0.177. The van der Waals surface area contributed by atoms with Gasteiger partial charge in [-0.25, -0.2) is 13.4 Å². The fourth-order valence-corrected chi connectivity index (χ4v) is 4.61. The topological polar surface area (TPSA) is 107 Å². The van der Waals surface area contributed by atoms with Gasteiger partial charge in [0.05, 0.1) is 20.4 Å². The molecule has 0 fully saturated rings. The van der Waals surface area contributed by atoms with Crippen molar-refractivity contribution in [1.29, 1.82) is 0 Å². The van der Waals surface area contributed by atoms with Crippen molar-refractivity contribution in [2.24, 2.45) is 7.05 Å². The molecule has 0 aliphatic heterocycles. The number of rotatable bonds is 6. The molecule has 0 aliphatic carbocycles. The third-order valence-electron chi connectivity index (χ3n) is 4.04. The van der Waals surface area contributed by atoms with Gasteiger partial charge in [0.1, 0.15) is 0 Å². The lowest BCUT2D eigenvalue weighted by atomic mass is 10.1. The van der Waals surface area contributed by atoms with Crippen LogP contribution in [-0.4, -0.2) is 22.9 Å². The second-order valence-electron chi connectivity index (χ2n) is 6.23. The van der Waals surface area contributed by atoms with Crippen LogP contribution in [0.5, 0.6) is 0 Å². The first kappa shape index (κ1) is 19.9. The Bertz CT molecular complexity index is 1160. The summed E-state index contributed by atoms with van der Waals surface area (Å²) >= 11 is 1.10. The van der Waals surface area contributed by atoms with Crippen LogP contribution in [0.25, 0.3) is 0 Å². The number of nitro groups is 1. The number of hydrogen-bond acceptors (Lipinski definition) is 6. The van der Waals surface area contributed by atoms with E-state index in [0.717, 1.165) is 29.0 Å². The maximum atomic E-state index is 12.7. The molecule has 28 heavy (non-hydrogen) atoms. The van der Waals surface area contributed by atoms with Crippen molar-refractivity contribution in [2.45, 2.75) is 28.8 Å². The molecule has 0 amide bonds. The summed E-state index contributed by atoms with van der Waals surface area (Å²) < 4.78 is 29.7. The maximum Gasteiger partial charge on any atom is 0.284 e. The summed E-state index contributed by atoms with van der Waals surface area (Å²) in [6, 6.07) is 9.16. The number of benzene rings is 2. The third-order valence-corrected chi connectivity index (χ3v) is 6.55. The third kappa shape index (κ3) is 4.18. The Morgan fingerprint density at radius 3 is 2.54 bits per heavy atom. The monoisotopic (exact) mass is 418 g/mol. The lowest BCUT2D eigenvalue weighted by Gasteiger charge is -2.12. The first-order valence-electron chi connectivity index (χ1n) is 8.21. The molecule has 1 heterocycles. The number of nitro benzene ring substituents is 1. The predicted molar refractivity (Wildman–Crippen MR) is 107 cm³/mol. The lowest BCUT2D eigenvalue weighted by Crippen LogP contribution is -2.14. The normalized spacial score (nSPS) is 11.4. The smallest absolute Gasteiger partial charge is 0.284 e. The molecule has 0 saturated carbocycles. The molecule has 0 unspecified atom stereocenters. The van der Waals surface area contributed by atoms with Crippen molar-refractivity contribution in [3.63, 3.8) is 0 Å². The molecule has 0 bridgehead atoms. The van der Waals surface area contributed by atoms with Crippen molar-refractivity contribution in [3.8, 4) is 0 Å². The molecule has 0 saturated heterocycles. The average Bonchev–Trinajstić information content (AvgIpc) is 3.02. The van der Waals surface area contributed by atoms with Crippen LogP contribution in [0, 0.1) is 24.0 Å². The van der Waals surface area contributed by atoms with Crippen LogP contribution in [-0.2, 0) is 17.1 Å². The minimum Gasteiger partial charge on any atom is -0.329 e. The molecule has 0 atom stereocenters. The molecule has 146 valence electrons. The zero-order valence-corrected chi connectivity index (χ0v) is 17.0. The second-order valence-corrected chi connectivity index (χ2v) is 8.92. The average molecular weight is 419 g/mol.